The van der Waals surface area contributed by atoms with Crippen LogP contribution in [0.2, 0.25) is 0 Å². The summed E-state index contributed by atoms with van der Waals surface area (Å²) < 4.78 is 0. The Kier molecular flexibility index (Phi) is 3.15. The lowest BCUT2D eigenvalue weighted by molar-refractivity contribution is 0.661. The average Bonchev–Trinajstić information content (AvgIpc) is 2.18. The Hall–Kier alpha value is -1.04. The van der Waals surface area contributed by atoms with Crippen molar-refractivity contribution >= 4 is 0 Å². The molecule has 0 amide bonds. The minimum absolute atomic E-state index is 0.0807. The fourth-order valence-electron chi connectivity index (χ4n) is 1.71. The summed E-state index contributed by atoms with van der Waals surface area (Å²) in [6.45, 7) is 12.7. The minimum atomic E-state index is 0.0807. The summed E-state index contributed by atoms with van der Waals surface area (Å²) in [5, 5.41) is 0. The fourth-order valence-corrected chi connectivity index (χ4v) is 1.71. The number of aryl methyl sites for hydroxylation is 2. The lowest BCUT2D eigenvalue weighted by Gasteiger charge is -2.24. The molecule has 0 unspecified atom stereocenters. The molecule has 0 fully saturated rings. The predicted molar refractivity (Wildman–Crippen MR) is 63.8 cm³/mol. The van der Waals surface area contributed by atoms with Gasteiger partial charge in [-0.25, -0.2) is 0 Å². The molecule has 76 valence electrons. The van der Waals surface area contributed by atoms with Crippen molar-refractivity contribution in [3.05, 3.63) is 47.5 Å². The minimum Gasteiger partial charge on any atom is -0.102 e. The van der Waals surface area contributed by atoms with E-state index in [1.807, 2.05) is 6.08 Å². The van der Waals surface area contributed by atoms with Gasteiger partial charge in [0, 0.05) is 5.41 Å². The zero-order valence-corrected chi connectivity index (χ0v) is 9.72. The Bertz CT molecular complexity index is 332. The molecular formula is C14H20. The number of rotatable bonds is 3. The largest absolute Gasteiger partial charge is 0.102 e. The highest BCUT2D eigenvalue weighted by Gasteiger charge is 2.18. The second-order valence-electron chi connectivity index (χ2n) is 4.44. The van der Waals surface area contributed by atoms with Gasteiger partial charge < -0.3 is 0 Å². The van der Waals surface area contributed by atoms with E-state index in [9.17, 15) is 0 Å². The molecule has 0 aliphatic carbocycles. The molecule has 0 saturated heterocycles. The van der Waals surface area contributed by atoms with E-state index in [0.717, 1.165) is 6.42 Å². The summed E-state index contributed by atoms with van der Waals surface area (Å²) in [4.78, 5) is 0. The maximum Gasteiger partial charge on any atom is 0.00755 e. The molecular weight excluding hydrogens is 168 g/mol. The summed E-state index contributed by atoms with van der Waals surface area (Å²) in [6.07, 6.45) is 3.12. The van der Waals surface area contributed by atoms with Crippen molar-refractivity contribution in [1.82, 2.24) is 0 Å². The summed E-state index contributed by atoms with van der Waals surface area (Å²) in [5.41, 5.74) is 4.25. The zero-order chi connectivity index (χ0) is 10.8. The molecule has 0 heterocycles. The SMILES string of the molecule is C=CC(C)(C)c1cc(C)ccc1CC. The molecule has 0 N–H and O–H groups in total. The molecule has 0 aromatic heterocycles. The van der Waals surface area contributed by atoms with Crippen LogP contribution >= 0.6 is 0 Å². The van der Waals surface area contributed by atoms with Gasteiger partial charge in [0.2, 0.25) is 0 Å². The fraction of sp³-hybridized carbons (Fsp3) is 0.429. The third-order valence-electron chi connectivity index (χ3n) is 2.85. The van der Waals surface area contributed by atoms with E-state index >= 15 is 0 Å². The first kappa shape index (κ1) is 11.0. The lowest BCUT2D eigenvalue weighted by Crippen LogP contribution is -2.15. The molecule has 0 heteroatoms. The van der Waals surface area contributed by atoms with Crippen molar-refractivity contribution in [3.63, 3.8) is 0 Å². The van der Waals surface area contributed by atoms with Crippen LogP contribution in [0.3, 0.4) is 0 Å². The number of hydrogen-bond donors (Lipinski definition) is 0. The maximum absolute atomic E-state index is 3.91. The second-order valence-corrected chi connectivity index (χ2v) is 4.44. The van der Waals surface area contributed by atoms with Gasteiger partial charge in [-0.2, -0.15) is 0 Å². The van der Waals surface area contributed by atoms with E-state index in [1.54, 1.807) is 0 Å². The molecule has 0 saturated carbocycles. The third kappa shape index (κ3) is 2.06. The Morgan fingerprint density at radius 1 is 1.36 bits per heavy atom. The predicted octanol–water partition coefficient (Wildman–Crippen LogP) is 4.02. The van der Waals surface area contributed by atoms with Crippen LogP contribution < -0.4 is 0 Å². The number of allylic oxidation sites excluding steroid dienone is 1. The molecule has 0 aliphatic rings. The monoisotopic (exact) mass is 188 g/mol. The van der Waals surface area contributed by atoms with Gasteiger partial charge in [-0.3, -0.25) is 0 Å². The van der Waals surface area contributed by atoms with Crippen molar-refractivity contribution in [2.24, 2.45) is 0 Å². The van der Waals surface area contributed by atoms with Crippen molar-refractivity contribution in [1.29, 1.82) is 0 Å². The van der Waals surface area contributed by atoms with Crippen molar-refractivity contribution in [2.45, 2.75) is 39.5 Å². The molecule has 0 aliphatic heterocycles. The van der Waals surface area contributed by atoms with Crippen molar-refractivity contribution < 1.29 is 0 Å². The quantitative estimate of drug-likeness (QED) is 0.628. The molecule has 14 heavy (non-hydrogen) atoms. The van der Waals surface area contributed by atoms with Crippen LogP contribution in [0, 0.1) is 6.92 Å². The highest BCUT2D eigenvalue weighted by Crippen LogP contribution is 2.28. The molecule has 1 rings (SSSR count). The normalized spacial score (nSPS) is 11.4. The summed E-state index contributed by atoms with van der Waals surface area (Å²) in [7, 11) is 0. The molecule has 0 bridgehead atoms. The lowest BCUT2D eigenvalue weighted by atomic mass is 9.80. The first-order valence-electron chi connectivity index (χ1n) is 5.25. The summed E-state index contributed by atoms with van der Waals surface area (Å²) in [5.74, 6) is 0. The highest BCUT2D eigenvalue weighted by atomic mass is 14.2. The van der Waals surface area contributed by atoms with Gasteiger partial charge in [-0.05, 0) is 24.5 Å². The van der Waals surface area contributed by atoms with Crippen LogP contribution in [-0.4, -0.2) is 0 Å². The molecule has 1 aromatic rings. The molecule has 0 atom stereocenters. The maximum atomic E-state index is 3.91. The van der Waals surface area contributed by atoms with Crippen LogP contribution in [0.15, 0.2) is 30.9 Å². The Balaban J connectivity index is 3.30. The van der Waals surface area contributed by atoms with Crippen LogP contribution in [0.4, 0.5) is 0 Å². The van der Waals surface area contributed by atoms with E-state index in [0.29, 0.717) is 0 Å². The van der Waals surface area contributed by atoms with Gasteiger partial charge in [-0.1, -0.05) is 50.6 Å². The van der Waals surface area contributed by atoms with Crippen LogP contribution in [0.5, 0.6) is 0 Å². The first-order chi connectivity index (χ1) is 6.51. The van der Waals surface area contributed by atoms with Crippen molar-refractivity contribution in [3.8, 4) is 0 Å². The molecule has 0 radical (unpaired) electrons. The van der Waals surface area contributed by atoms with Gasteiger partial charge in [0.25, 0.3) is 0 Å². The molecule has 0 nitrogen and oxygen atoms in total. The number of benzene rings is 1. The van der Waals surface area contributed by atoms with Gasteiger partial charge in [0.15, 0.2) is 0 Å². The summed E-state index contributed by atoms with van der Waals surface area (Å²) >= 11 is 0. The first-order valence-corrected chi connectivity index (χ1v) is 5.25. The van der Waals surface area contributed by atoms with E-state index in [4.69, 9.17) is 0 Å². The molecule has 1 aromatic carbocycles. The molecule has 0 spiro atoms. The standard InChI is InChI=1S/C14H20/c1-6-12-9-8-11(3)10-13(12)14(4,5)7-2/h7-10H,2,6H2,1,3-5H3. The third-order valence-corrected chi connectivity index (χ3v) is 2.85. The van der Waals surface area contributed by atoms with Gasteiger partial charge >= 0.3 is 0 Å². The smallest absolute Gasteiger partial charge is 0.00755 e. The highest BCUT2D eigenvalue weighted by molar-refractivity contribution is 5.39. The van der Waals surface area contributed by atoms with Gasteiger partial charge in [0.1, 0.15) is 0 Å². The van der Waals surface area contributed by atoms with E-state index in [1.165, 1.54) is 16.7 Å². The Morgan fingerprint density at radius 3 is 2.50 bits per heavy atom. The van der Waals surface area contributed by atoms with Crippen LogP contribution in [0.25, 0.3) is 0 Å². The van der Waals surface area contributed by atoms with Crippen LogP contribution in [-0.2, 0) is 11.8 Å². The van der Waals surface area contributed by atoms with Crippen molar-refractivity contribution in [2.75, 3.05) is 0 Å². The Labute approximate surface area is 87.7 Å². The van der Waals surface area contributed by atoms with Crippen LogP contribution in [0.1, 0.15) is 37.5 Å². The van der Waals surface area contributed by atoms with Gasteiger partial charge in [0.05, 0.1) is 0 Å². The van der Waals surface area contributed by atoms with E-state index < -0.39 is 0 Å². The zero-order valence-electron chi connectivity index (χ0n) is 9.72. The van der Waals surface area contributed by atoms with E-state index in [2.05, 4.69) is 52.5 Å². The second kappa shape index (κ2) is 4.00. The summed E-state index contributed by atoms with van der Waals surface area (Å²) in [6, 6.07) is 6.69. The van der Waals surface area contributed by atoms with Gasteiger partial charge in [-0.15, -0.1) is 6.58 Å². The average molecular weight is 188 g/mol. The number of hydrogen-bond acceptors (Lipinski definition) is 0. The topological polar surface area (TPSA) is 0 Å². The Morgan fingerprint density at radius 2 is 2.00 bits per heavy atom. The van der Waals surface area contributed by atoms with E-state index in [-0.39, 0.29) is 5.41 Å².